The van der Waals surface area contributed by atoms with Gasteiger partial charge >= 0.3 is 7.82 Å². The van der Waals surface area contributed by atoms with E-state index in [-0.39, 0.29) is 18.9 Å². The van der Waals surface area contributed by atoms with Crippen LogP contribution >= 0.6 is 7.82 Å². The normalized spacial score (nSPS) is 15.1. The predicted octanol–water partition coefficient (Wildman–Crippen LogP) is 13.9. The number of aliphatic hydroxyl groups excluding tert-OH is 2. The first-order valence-corrected chi connectivity index (χ1v) is 27.2. The van der Waals surface area contributed by atoms with Crippen molar-refractivity contribution in [2.45, 2.75) is 231 Å². The monoisotopic (exact) mass is 908 g/mol. The van der Waals surface area contributed by atoms with Crippen molar-refractivity contribution < 1.29 is 38.0 Å². The molecule has 0 saturated carbocycles. The summed E-state index contributed by atoms with van der Waals surface area (Å²) in [5.74, 6) is -0.276. The molecule has 0 aliphatic heterocycles. The number of carbonyl (C=O) groups excluding carboxylic acids is 1. The quantitative estimate of drug-likeness (QED) is 0.0207. The van der Waals surface area contributed by atoms with Crippen LogP contribution in [0, 0.1) is 0 Å². The van der Waals surface area contributed by atoms with E-state index >= 15 is 0 Å². The second-order valence-electron chi connectivity index (χ2n) is 18.7. The smallest absolute Gasteiger partial charge is 0.390 e. The molecule has 368 valence electrons. The highest BCUT2D eigenvalue weighted by Crippen LogP contribution is 2.43. The Bertz CT molecular complexity index is 1230. The van der Waals surface area contributed by atoms with Crippen LogP contribution in [0.3, 0.4) is 0 Å². The maximum absolute atomic E-state index is 13.0. The molecule has 0 saturated heterocycles. The Labute approximate surface area is 388 Å². The van der Waals surface area contributed by atoms with Crippen molar-refractivity contribution in [3.63, 3.8) is 0 Å². The summed E-state index contributed by atoms with van der Waals surface area (Å²) in [6.45, 7) is 4.53. The molecule has 0 aliphatic carbocycles. The van der Waals surface area contributed by atoms with E-state index in [0.717, 1.165) is 57.8 Å². The van der Waals surface area contributed by atoms with E-state index in [1.807, 2.05) is 21.1 Å². The van der Waals surface area contributed by atoms with Crippen LogP contribution in [-0.2, 0) is 18.4 Å². The highest BCUT2D eigenvalue weighted by atomic mass is 31.2. The van der Waals surface area contributed by atoms with E-state index in [0.29, 0.717) is 30.3 Å². The Kier molecular flexibility index (Phi) is 42.7. The molecule has 1 amide bonds. The van der Waals surface area contributed by atoms with E-state index in [1.54, 1.807) is 0 Å². The van der Waals surface area contributed by atoms with Crippen molar-refractivity contribution in [1.29, 1.82) is 0 Å². The lowest BCUT2D eigenvalue weighted by Crippen LogP contribution is -2.51. The van der Waals surface area contributed by atoms with Gasteiger partial charge in [0.05, 0.1) is 39.9 Å². The molecule has 0 aromatic rings. The summed E-state index contributed by atoms with van der Waals surface area (Å²) in [5.41, 5.74) is 0. The highest BCUT2D eigenvalue weighted by Gasteiger charge is 2.31. The van der Waals surface area contributed by atoms with Crippen LogP contribution in [0.15, 0.2) is 60.8 Å². The standard InChI is InChI=1S/C53H99N2O7P/c1-6-8-10-12-14-16-18-20-21-22-23-24-25-26-27-28-29-30-31-32-33-34-36-38-40-42-44-46-52(57)54-50(49-62-63(59,60)61-48-47-55(3,4)5)53(58)51(56)45-43-41-39-37-35-19-17-15-13-11-9-7-2/h15,17-18,20,22-23,25-26,37,39,50-51,53,56,58H,6-14,16,19,21,24,27-36,38,40-49H2,1-5H3,(H-,54,57,59,60)/p+1/b17-15+,20-18-,23-22-,26-25-,39-37+. The van der Waals surface area contributed by atoms with E-state index in [4.69, 9.17) is 9.05 Å². The summed E-state index contributed by atoms with van der Waals surface area (Å²) in [4.78, 5) is 23.2. The number of hydrogen-bond donors (Lipinski definition) is 4. The van der Waals surface area contributed by atoms with Gasteiger partial charge in [-0.15, -0.1) is 0 Å². The average molecular weight is 908 g/mol. The van der Waals surface area contributed by atoms with E-state index in [1.165, 1.54) is 116 Å². The highest BCUT2D eigenvalue weighted by molar-refractivity contribution is 7.47. The lowest BCUT2D eigenvalue weighted by Gasteiger charge is -2.28. The number of nitrogens with zero attached hydrogens (tertiary/aromatic N) is 1. The van der Waals surface area contributed by atoms with Crippen molar-refractivity contribution in [3.05, 3.63) is 60.8 Å². The SMILES string of the molecule is CCCCC/C=C/CC/C=C/CCCC(O)C(O)C(COP(=O)(O)OCC[N+](C)(C)C)NC(=O)CCCCCCCCCCCCCC/C=C\C/C=C\C/C=C\CCCCCCC. The first-order chi connectivity index (χ1) is 30.4. The molecule has 0 fully saturated rings. The zero-order chi connectivity index (χ0) is 46.5. The molecular formula is C53H100N2O7P+. The molecule has 0 radical (unpaired) electrons. The number of likely N-dealkylation sites (N-methyl/N-ethyl adjacent to an activating group) is 1. The molecule has 0 aliphatic rings. The number of quaternary nitrogens is 1. The van der Waals surface area contributed by atoms with Crippen LogP contribution in [0.5, 0.6) is 0 Å². The minimum atomic E-state index is -4.43. The van der Waals surface area contributed by atoms with Gasteiger partial charge in [-0.2, -0.15) is 0 Å². The third kappa shape index (κ3) is 45.1. The number of rotatable bonds is 46. The molecule has 4 unspecified atom stereocenters. The lowest BCUT2D eigenvalue weighted by molar-refractivity contribution is -0.870. The molecule has 0 heterocycles. The molecule has 0 rings (SSSR count). The van der Waals surface area contributed by atoms with Gasteiger partial charge in [-0.3, -0.25) is 13.8 Å². The average Bonchev–Trinajstić information content (AvgIpc) is 3.24. The van der Waals surface area contributed by atoms with Gasteiger partial charge in [0.15, 0.2) is 0 Å². The summed E-state index contributed by atoms with van der Waals surface area (Å²) in [6, 6.07) is -1.06. The summed E-state index contributed by atoms with van der Waals surface area (Å²) in [5, 5.41) is 24.7. The molecule has 0 bridgehead atoms. The third-order valence-electron chi connectivity index (χ3n) is 11.3. The molecule has 10 heteroatoms. The number of hydrogen-bond acceptors (Lipinski definition) is 6. The molecule has 4 N–H and O–H groups in total. The van der Waals surface area contributed by atoms with E-state index < -0.39 is 32.7 Å². The van der Waals surface area contributed by atoms with Crippen molar-refractivity contribution in [2.24, 2.45) is 0 Å². The van der Waals surface area contributed by atoms with Crippen LogP contribution in [0.2, 0.25) is 0 Å². The summed E-state index contributed by atoms with van der Waals surface area (Å²) >= 11 is 0. The molecular weight excluding hydrogens is 808 g/mol. The Hall–Kier alpha value is -1.84. The minimum absolute atomic E-state index is 0.0114. The molecule has 9 nitrogen and oxygen atoms in total. The molecule has 0 aromatic carbocycles. The lowest BCUT2D eigenvalue weighted by atomic mass is 10.0. The number of unbranched alkanes of at least 4 members (excludes halogenated alkanes) is 22. The van der Waals surface area contributed by atoms with Crippen molar-refractivity contribution in [2.75, 3.05) is 40.9 Å². The number of amides is 1. The van der Waals surface area contributed by atoms with Gasteiger partial charge in [0.1, 0.15) is 19.3 Å². The topological polar surface area (TPSA) is 125 Å². The number of carbonyl (C=O) groups is 1. The zero-order valence-corrected chi connectivity index (χ0v) is 42.3. The van der Waals surface area contributed by atoms with Gasteiger partial charge in [-0.25, -0.2) is 4.57 Å². The number of phosphoric acid groups is 1. The van der Waals surface area contributed by atoms with Crippen molar-refractivity contribution in [3.8, 4) is 0 Å². The fourth-order valence-corrected chi connectivity index (χ4v) is 7.90. The van der Waals surface area contributed by atoms with Crippen LogP contribution < -0.4 is 5.32 Å². The van der Waals surface area contributed by atoms with Crippen LogP contribution in [0.4, 0.5) is 0 Å². The predicted molar refractivity (Wildman–Crippen MR) is 269 cm³/mol. The fraction of sp³-hybridized carbons (Fsp3) is 0.792. The third-order valence-corrected chi connectivity index (χ3v) is 12.3. The maximum atomic E-state index is 13.0. The fourth-order valence-electron chi connectivity index (χ4n) is 7.17. The van der Waals surface area contributed by atoms with Gasteiger partial charge in [0, 0.05) is 6.42 Å². The number of phosphoric ester groups is 1. The maximum Gasteiger partial charge on any atom is 0.472 e. The first-order valence-electron chi connectivity index (χ1n) is 25.7. The Balaban J connectivity index is 4.30. The second-order valence-corrected chi connectivity index (χ2v) is 20.1. The second kappa shape index (κ2) is 44.0. The zero-order valence-electron chi connectivity index (χ0n) is 41.4. The molecule has 4 atom stereocenters. The first kappa shape index (κ1) is 61.2. The Morgan fingerprint density at radius 2 is 0.952 bits per heavy atom. The number of nitrogens with one attached hydrogen (secondary N) is 1. The molecule has 63 heavy (non-hydrogen) atoms. The molecule has 0 spiro atoms. The summed E-state index contributed by atoms with van der Waals surface area (Å²) in [6.07, 6.45) is 54.4. The van der Waals surface area contributed by atoms with Gasteiger partial charge < -0.3 is 24.9 Å². The van der Waals surface area contributed by atoms with E-state index in [9.17, 15) is 24.5 Å². The summed E-state index contributed by atoms with van der Waals surface area (Å²) < 4.78 is 23.5. The van der Waals surface area contributed by atoms with Crippen LogP contribution in [0.25, 0.3) is 0 Å². The van der Waals surface area contributed by atoms with Gasteiger partial charge in [0.25, 0.3) is 0 Å². The molecule has 0 aromatic heterocycles. The van der Waals surface area contributed by atoms with Gasteiger partial charge in [0.2, 0.25) is 5.91 Å². The summed E-state index contributed by atoms with van der Waals surface area (Å²) in [7, 11) is 1.40. The van der Waals surface area contributed by atoms with Crippen molar-refractivity contribution >= 4 is 13.7 Å². The van der Waals surface area contributed by atoms with Gasteiger partial charge in [-0.05, 0) is 89.9 Å². The Morgan fingerprint density at radius 1 is 0.556 bits per heavy atom. The number of allylic oxidation sites excluding steroid dienone is 10. The van der Waals surface area contributed by atoms with E-state index in [2.05, 4.69) is 79.9 Å². The Morgan fingerprint density at radius 3 is 1.46 bits per heavy atom. The van der Waals surface area contributed by atoms with Crippen LogP contribution in [0.1, 0.15) is 213 Å². The van der Waals surface area contributed by atoms with Gasteiger partial charge in [-0.1, -0.05) is 177 Å². The largest absolute Gasteiger partial charge is 0.472 e. The number of aliphatic hydroxyl groups is 2. The van der Waals surface area contributed by atoms with Crippen molar-refractivity contribution in [1.82, 2.24) is 5.32 Å². The van der Waals surface area contributed by atoms with Crippen LogP contribution in [-0.4, -0.2) is 84.6 Å². The minimum Gasteiger partial charge on any atom is -0.390 e.